The third-order valence-electron chi connectivity index (χ3n) is 4.71. The van der Waals surface area contributed by atoms with Gasteiger partial charge in [-0.1, -0.05) is 0 Å². The van der Waals surface area contributed by atoms with Crippen molar-refractivity contribution in [1.82, 2.24) is 10.2 Å². The fourth-order valence-corrected chi connectivity index (χ4v) is 3.75. The van der Waals surface area contributed by atoms with E-state index in [1.807, 2.05) is 4.90 Å². The van der Waals surface area contributed by atoms with Crippen LogP contribution in [0.25, 0.3) is 0 Å². The lowest BCUT2D eigenvalue weighted by Crippen LogP contribution is -2.45. The Labute approximate surface area is 142 Å². The second-order valence-electron chi connectivity index (χ2n) is 6.74. The van der Waals surface area contributed by atoms with E-state index < -0.39 is 0 Å². The van der Waals surface area contributed by atoms with Crippen LogP contribution in [0.5, 0.6) is 0 Å². The lowest BCUT2D eigenvalue weighted by Gasteiger charge is -2.26. The van der Waals surface area contributed by atoms with Crippen molar-refractivity contribution >= 4 is 17.4 Å². The SMILES string of the molecule is COCC1(CNC(=O)N(Cc2ccsc2)C[C@H]2CCCO2)CC1. The third kappa shape index (κ3) is 4.68. The molecule has 2 fully saturated rings. The van der Waals surface area contributed by atoms with Gasteiger partial charge in [0, 0.05) is 38.8 Å². The number of ether oxygens (including phenoxy) is 2. The molecule has 1 aliphatic heterocycles. The third-order valence-corrected chi connectivity index (χ3v) is 5.44. The highest BCUT2D eigenvalue weighted by Crippen LogP contribution is 2.45. The lowest BCUT2D eigenvalue weighted by molar-refractivity contribution is 0.0785. The molecule has 1 atom stereocenters. The summed E-state index contributed by atoms with van der Waals surface area (Å²) in [4.78, 5) is 14.5. The molecule has 3 rings (SSSR count). The molecule has 2 amide bonds. The summed E-state index contributed by atoms with van der Waals surface area (Å²) in [7, 11) is 1.72. The van der Waals surface area contributed by atoms with Gasteiger partial charge in [0.2, 0.25) is 0 Å². The van der Waals surface area contributed by atoms with E-state index in [1.165, 1.54) is 5.56 Å². The maximum Gasteiger partial charge on any atom is 0.317 e. The summed E-state index contributed by atoms with van der Waals surface area (Å²) in [6.07, 6.45) is 4.58. The highest BCUT2D eigenvalue weighted by molar-refractivity contribution is 7.07. The van der Waals surface area contributed by atoms with E-state index in [9.17, 15) is 4.79 Å². The first-order valence-corrected chi connectivity index (χ1v) is 9.29. The first-order chi connectivity index (χ1) is 11.2. The van der Waals surface area contributed by atoms with Gasteiger partial charge in [-0.15, -0.1) is 0 Å². The number of methoxy groups -OCH3 is 1. The fourth-order valence-electron chi connectivity index (χ4n) is 3.09. The van der Waals surface area contributed by atoms with Gasteiger partial charge in [0.1, 0.15) is 0 Å². The number of amides is 2. The number of urea groups is 1. The van der Waals surface area contributed by atoms with Crippen molar-refractivity contribution in [3.8, 4) is 0 Å². The number of hydrogen-bond acceptors (Lipinski definition) is 4. The quantitative estimate of drug-likeness (QED) is 0.793. The molecule has 1 saturated carbocycles. The maximum absolute atomic E-state index is 12.7. The molecule has 1 aromatic rings. The molecular weight excluding hydrogens is 312 g/mol. The molecule has 128 valence electrons. The summed E-state index contributed by atoms with van der Waals surface area (Å²) in [6, 6.07) is 2.09. The van der Waals surface area contributed by atoms with Crippen molar-refractivity contribution < 1.29 is 14.3 Å². The zero-order valence-electron chi connectivity index (χ0n) is 13.8. The van der Waals surface area contributed by atoms with Crippen molar-refractivity contribution in [2.45, 2.75) is 38.3 Å². The number of carbonyl (C=O) groups is 1. The first-order valence-electron chi connectivity index (χ1n) is 8.35. The Bertz CT molecular complexity index is 496. The normalized spacial score (nSPS) is 22.0. The smallest absolute Gasteiger partial charge is 0.317 e. The molecule has 1 N–H and O–H groups in total. The molecule has 1 saturated heterocycles. The summed E-state index contributed by atoms with van der Waals surface area (Å²) < 4.78 is 11.0. The van der Waals surface area contributed by atoms with Crippen LogP contribution in [-0.4, -0.2) is 50.4 Å². The van der Waals surface area contributed by atoms with Crippen LogP contribution in [-0.2, 0) is 16.0 Å². The van der Waals surface area contributed by atoms with Gasteiger partial charge in [0.25, 0.3) is 0 Å². The number of nitrogens with zero attached hydrogens (tertiary/aromatic N) is 1. The predicted octanol–water partition coefficient (Wildman–Crippen LogP) is 2.87. The predicted molar refractivity (Wildman–Crippen MR) is 90.6 cm³/mol. The van der Waals surface area contributed by atoms with E-state index in [0.717, 1.165) is 38.9 Å². The number of rotatable bonds is 8. The largest absolute Gasteiger partial charge is 0.384 e. The molecule has 23 heavy (non-hydrogen) atoms. The van der Waals surface area contributed by atoms with E-state index in [0.29, 0.717) is 19.6 Å². The standard InChI is InChI=1S/C17H26N2O3S/c1-21-13-17(5-6-17)12-18-16(20)19(9-14-4-8-23-11-14)10-15-3-2-7-22-15/h4,8,11,15H,2-3,5-7,9-10,12-13H2,1H3,(H,18,20)/t15-/m1/s1. The zero-order chi connectivity index (χ0) is 16.1. The second-order valence-corrected chi connectivity index (χ2v) is 7.52. The van der Waals surface area contributed by atoms with Crippen molar-refractivity contribution in [2.75, 3.05) is 33.4 Å². The topological polar surface area (TPSA) is 50.8 Å². The molecule has 2 heterocycles. The summed E-state index contributed by atoms with van der Waals surface area (Å²) in [6.45, 7) is 3.55. The van der Waals surface area contributed by atoms with E-state index in [2.05, 4.69) is 22.1 Å². The van der Waals surface area contributed by atoms with Gasteiger partial charge >= 0.3 is 6.03 Å². The molecule has 1 aliphatic carbocycles. The van der Waals surface area contributed by atoms with Gasteiger partial charge in [0.05, 0.1) is 12.7 Å². The van der Waals surface area contributed by atoms with Crippen LogP contribution >= 0.6 is 11.3 Å². The second kappa shape index (κ2) is 7.64. The van der Waals surface area contributed by atoms with E-state index >= 15 is 0 Å². The zero-order valence-corrected chi connectivity index (χ0v) is 14.6. The van der Waals surface area contributed by atoms with Crippen LogP contribution in [0.1, 0.15) is 31.2 Å². The van der Waals surface area contributed by atoms with Crippen LogP contribution in [0.2, 0.25) is 0 Å². The molecule has 0 unspecified atom stereocenters. The van der Waals surface area contributed by atoms with E-state index in [4.69, 9.17) is 9.47 Å². The maximum atomic E-state index is 12.7. The van der Waals surface area contributed by atoms with Crippen LogP contribution in [0.15, 0.2) is 16.8 Å². The van der Waals surface area contributed by atoms with Gasteiger partial charge in [-0.3, -0.25) is 0 Å². The van der Waals surface area contributed by atoms with Crippen molar-refractivity contribution in [3.05, 3.63) is 22.4 Å². The van der Waals surface area contributed by atoms with Crippen molar-refractivity contribution in [3.63, 3.8) is 0 Å². The van der Waals surface area contributed by atoms with Gasteiger partial charge < -0.3 is 19.7 Å². The van der Waals surface area contributed by atoms with Crippen LogP contribution < -0.4 is 5.32 Å². The highest BCUT2D eigenvalue weighted by atomic mass is 32.1. The number of hydrogen-bond donors (Lipinski definition) is 1. The Kier molecular flexibility index (Phi) is 5.56. The monoisotopic (exact) mass is 338 g/mol. The summed E-state index contributed by atoms with van der Waals surface area (Å²) >= 11 is 1.66. The Morgan fingerprint density at radius 1 is 1.57 bits per heavy atom. The summed E-state index contributed by atoms with van der Waals surface area (Å²) in [5.41, 5.74) is 1.35. The molecule has 5 nitrogen and oxygen atoms in total. The molecule has 0 spiro atoms. The minimum Gasteiger partial charge on any atom is -0.384 e. The van der Waals surface area contributed by atoms with Crippen LogP contribution in [0.3, 0.4) is 0 Å². The van der Waals surface area contributed by atoms with Gasteiger partial charge in [0.15, 0.2) is 0 Å². The summed E-state index contributed by atoms with van der Waals surface area (Å²) in [5.74, 6) is 0. The molecule has 0 aromatic carbocycles. The van der Waals surface area contributed by atoms with Gasteiger partial charge in [-0.05, 0) is 48.1 Å². The Hall–Kier alpha value is -1.11. The average Bonchev–Trinajstić information content (AvgIpc) is 2.97. The molecule has 6 heteroatoms. The highest BCUT2D eigenvalue weighted by Gasteiger charge is 2.43. The molecule has 0 bridgehead atoms. The summed E-state index contributed by atoms with van der Waals surface area (Å²) in [5, 5.41) is 7.26. The van der Waals surface area contributed by atoms with E-state index in [-0.39, 0.29) is 17.6 Å². The van der Waals surface area contributed by atoms with Crippen LogP contribution in [0, 0.1) is 5.41 Å². The minimum atomic E-state index is 0.00841. The Morgan fingerprint density at radius 2 is 2.43 bits per heavy atom. The van der Waals surface area contributed by atoms with E-state index in [1.54, 1.807) is 18.4 Å². The first kappa shape index (κ1) is 16.7. The molecule has 2 aliphatic rings. The molecule has 0 radical (unpaired) electrons. The average molecular weight is 338 g/mol. The Balaban J connectivity index is 1.55. The van der Waals surface area contributed by atoms with Crippen LogP contribution in [0.4, 0.5) is 4.79 Å². The number of nitrogens with one attached hydrogen (secondary N) is 1. The van der Waals surface area contributed by atoms with Gasteiger partial charge in [-0.25, -0.2) is 4.79 Å². The minimum absolute atomic E-state index is 0.00841. The Morgan fingerprint density at radius 3 is 3.04 bits per heavy atom. The van der Waals surface area contributed by atoms with Crippen molar-refractivity contribution in [1.29, 1.82) is 0 Å². The number of thiophene rings is 1. The fraction of sp³-hybridized carbons (Fsp3) is 0.706. The molecular formula is C17H26N2O3S. The lowest BCUT2D eigenvalue weighted by atomic mass is 10.1. The van der Waals surface area contributed by atoms with Crippen molar-refractivity contribution in [2.24, 2.45) is 5.41 Å². The molecule has 1 aromatic heterocycles. The van der Waals surface area contributed by atoms with Gasteiger partial charge in [-0.2, -0.15) is 11.3 Å². The number of carbonyl (C=O) groups excluding carboxylic acids is 1.